The number of ether oxygens (including phenoxy) is 1. The Balaban J connectivity index is 1.90. The fourth-order valence-corrected chi connectivity index (χ4v) is 3.40. The van der Waals surface area contributed by atoms with E-state index in [2.05, 4.69) is 10.0 Å². The minimum atomic E-state index is -3.85. The molecule has 0 aliphatic rings. The molecule has 1 amide bonds. The maximum Gasteiger partial charge on any atom is 0.310 e. The molecule has 0 heterocycles. The first-order valence-electron chi connectivity index (χ1n) is 8.79. The van der Waals surface area contributed by atoms with E-state index in [-0.39, 0.29) is 23.6 Å². The molecule has 0 aliphatic carbocycles. The highest BCUT2D eigenvalue weighted by molar-refractivity contribution is 7.92. The molecule has 9 heteroatoms. The monoisotopic (exact) mass is 422 g/mol. The molecule has 0 unspecified atom stereocenters. The number of benzene rings is 2. The average Bonchev–Trinajstić information content (AvgIpc) is 2.60. The SMILES string of the molecule is CC(C)(C)NC(=O)COC(=O)Cc1ccc(NS(=O)(=O)c2ccc(F)cc2)cc1. The first-order valence-corrected chi connectivity index (χ1v) is 10.3. The third-order valence-electron chi connectivity index (χ3n) is 3.56. The quantitative estimate of drug-likeness (QED) is 0.668. The summed E-state index contributed by atoms with van der Waals surface area (Å²) in [4.78, 5) is 23.4. The van der Waals surface area contributed by atoms with Gasteiger partial charge in [-0.3, -0.25) is 14.3 Å². The molecule has 0 saturated heterocycles. The predicted molar refractivity (Wildman–Crippen MR) is 106 cm³/mol. The van der Waals surface area contributed by atoms with Gasteiger partial charge in [-0.2, -0.15) is 0 Å². The van der Waals surface area contributed by atoms with Gasteiger partial charge in [0.15, 0.2) is 6.61 Å². The number of halogens is 1. The maximum atomic E-state index is 12.9. The van der Waals surface area contributed by atoms with E-state index in [4.69, 9.17) is 4.74 Å². The van der Waals surface area contributed by atoms with Gasteiger partial charge in [0.05, 0.1) is 11.3 Å². The van der Waals surface area contributed by atoms with Crippen molar-refractivity contribution in [2.24, 2.45) is 0 Å². The van der Waals surface area contributed by atoms with Crippen LogP contribution in [-0.2, 0) is 30.8 Å². The number of anilines is 1. The highest BCUT2D eigenvalue weighted by Crippen LogP contribution is 2.17. The summed E-state index contributed by atoms with van der Waals surface area (Å²) in [6.07, 6.45) is -0.0617. The standard InChI is InChI=1S/C20H23FN2O5S/c1-20(2,3)22-18(24)13-28-19(25)12-14-4-8-16(9-5-14)23-29(26,27)17-10-6-15(21)7-11-17/h4-11,23H,12-13H2,1-3H3,(H,22,24). The molecule has 7 nitrogen and oxygen atoms in total. The zero-order valence-corrected chi connectivity index (χ0v) is 17.2. The Morgan fingerprint density at radius 2 is 1.59 bits per heavy atom. The van der Waals surface area contributed by atoms with E-state index in [0.717, 1.165) is 24.3 Å². The molecule has 0 fully saturated rings. The van der Waals surface area contributed by atoms with Gasteiger partial charge >= 0.3 is 5.97 Å². The Hall–Kier alpha value is -2.94. The topological polar surface area (TPSA) is 102 Å². The summed E-state index contributed by atoms with van der Waals surface area (Å²) in [5.41, 5.74) is 0.465. The Kier molecular flexibility index (Phi) is 6.97. The number of hydrogen-bond acceptors (Lipinski definition) is 5. The molecular weight excluding hydrogens is 399 g/mol. The van der Waals surface area contributed by atoms with Crippen molar-refractivity contribution in [2.45, 2.75) is 37.6 Å². The number of amides is 1. The Bertz CT molecular complexity index is 965. The molecule has 2 N–H and O–H groups in total. The van der Waals surface area contributed by atoms with Crippen molar-refractivity contribution in [3.8, 4) is 0 Å². The second-order valence-electron chi connectivity index (χ2n) is 7.39. The highest BCUT2D eigenvalue weighted by atomic mass is 32.2. The van der Waals surface area contributed by atoms with Crippen LogP contribution in [0.4, 0.5) is 10.1 Å². The summed E-state index contributed by atoms with van der Waals surface area (Å²) in [6.45, 7) is 5.08. The first kappa shape index (κ1) is 22.4. The fraction of sp³-hybridized carbons (Fsp3) is 0.300. The van der Waals surface area contributed by atoms with Crippen LogP contribution in [0.5, 0.6) is 0 Å². The first-order chi connectivity index (χ1) is 13.4. The number of esters is 1. The summed E-state index contributed by atoms with van der Waals surface area (Å²) >= 11 is 0. The Morgan fingerprint density at radius 1 is 1.00 bits per heavy atom. The molecule has 0 bridgehead atoms. The van der Waals surface area contributed by atoms with E-state index in [1.54, 1.807) is 12.1 Å². The zero-order chi connectivity index (χ0) is 21.7. The van der Waals surface area contributed by atoms with Crippen LogP contribution in [0.25, 0.3) is 0 Å². The number of hydrogen-bond donors (Lipinski definition) is 2. The lowest BCUT2D eigenvalue weighted by molar-refractivity contribution is -0.148. The predicted octanol–water partition coefficient (Wildman–Crippen LogP) is 2.63. The molecule has 2 rings (SSSR count). The largest absolute Gasteiger partial charge is 0.455 e. The molecule has 0 aromatic heterocycles. The number of sulfonamides is 1. The van der Waals surface area contributed by atoms with Crippen LogP contribution in [0.1, 0.15) is 26.3 Å². The third kappa shape index (κ3) is 7.53. The van der Waals surface area contributed by atoms with E-state index in [9.17, 15) is 22.4 Å². The molecular formula is C20H23FN2O5S. The van der Waals surface area contributed by atoms with Gasteiger partial charge < -0.3 is 10.1 Å². The Labute approximate surface area is 169 Å². The highest BCUT2D eigenvalue weighted by Gasteiger charge is 2.16. The van der Waals surface area contributed by atoms with Crippen molar-refractivity contribution in [3.05, 3.63) is 59.9 Å². The number of nitrogens with one attached hydrogen (secondary N) is 2. The van der Waals surface area contributed by atoms with Crippen molar-refractivity contribution in [1.82, 2.24) is 5.32 Å². The van der Waals surface area contributed by atoms with Crippen LogP contribution in [0.15, 0.2) is 53.4 Å². The van der Waals surface area contributed by atoms with Crippen LogP contribution >= 0.6 is 0 Å². The summed E-state index contributed by atoms with van der Waals surface area (Å²) in [5.74, 6) is -1.50. The number of carbonyl (C=O) groups excluding carboxylic acids is 2. The van der Waals surface area contributed by atoms with Gasteiger partial charge in [-0.15, -0.1) is 0 Å². The van der Waals surface area contributed by atoms with Crippen molar-refractivity contribution < 1.29 is 27.1 Å². The van der Waals surface area contributed by atoms with Gasteiger partial charge in [-0.1, -0.05) is 12.1 Å². The minimum Gasteiger partial charge on any atom is -0.455 e. The maximum absolute atomic E-state index is 12.9. The lowest BCUT2D eigenvalue weighted by atomic mass is 10.1. The second kappa shape index (κ2) is 9.04. The summed E-state index contributed by atoms with van der Waals surface area (Å²) in [5, 5.41) is 2.68. The van der Waals surface area contributed by atoms with Gasteiger partial charge in [-0.25, -0.2) is 12.8 Å². The molecule has 2 aromatic carbocycles. The van der Waals surface area contributed by atoms with Crippen LogP contribution in [0.3, 0.4) is 0 Å². The minimum absolute atomic E-state index is 0.0617. The van der Waals surface area contributed by atoms with Gasteiger partial charge in [-0.05, 0) is 62.7 Å². The average molecular weight is 422 g/mol. The van der Waals surface area contributed by atoms with Crippen LogP contribution in [0.2, 0.25) is 0 Å². The van der Waals surface area contributed by atoms with Crippen LogP contribution in [0, 0.1) is 5.82 Å². The molecule has 29 heavy (non-hydrogen) atoms. The molecule has 0 saturated carbocycles. The van der Waals surface area contributed by atoms with Gasteiger partial charge in [0.1, 0.15) is 5.82 Å². The second-order valence-corrected chi connectivity index (χ2v) is 9.07. The number of rotatable bonds is 7. The van der Waals surface area contributed by atoms with E-state index in [1.807, 2.05) is 20.8 Å². The van der Waals surface area contributed by atoms with Crippen molar-refractivity contribution in [3.63, 3.8) is 0 Å². The molecule has 2 aromatic rings. The van der Waals surface area contributed by atoms with Crippen molar-refractivity contribution in [2.75, 3.05) is 11.3 Å². The normalized spacial score (nSPS) is 11.6. The van der Waals surface area contributed by atoms with Crippen molar-refractivity contribution >= 4 is 27.6 Å². The van der Waals surface area contributed by atoms with E-state index < -0.39 is 33.3 Å². The summed E-state index contributed by atoms with van der Waals surface area (Å²) in [7, 11) is -3.85. The van der Waals surface area contributed by atoms with Crippen LogP contribution < -0.4 is 10.0 Å². The van der Waals surface area contributed by atoms with Crippen LogP contribution in [-0.4, -0.2) is 32.4 Å². The van der Waals surface area contributed by atoms with E-state index in [0.29, 0.717) is 5.56 Å². The number of carbonyl (C=O) groups is 2. The summed E-state index contributed by atoms with van der Waals surface area (Å²) < 4.78 is 44.8. The van der Waals surface area contributed by atoms with Crippen molar-refractivity contribution in [1.29, 1.82) is 0 Å². The third-order valence-corrected chi connectivity index (χ3v) is 4.95. The van der Waals surface area contributed by atoms with Gasteiger partial charge in [0, 0.05) is 11.2 Å². The smallest absolute Gasteiger partial charge is 0.310 e. The zero-order valence-electron chi connectivity index (χ0n) is 16.4. The van der Waals surface area contributed by atoms with E-state index >= 15 is 0 Å². The summed E-state index contributed by atoms with van der Waals surface area (Å²) in [6, 6.07) is 10.6. The molecule has 0 aliphatic heterocycles. The molecule has 0 spiro atoms. The van der Waals surface area contributed by atoms with Gasteiger partial charge in [0.25, 0.3) is 15.9 Å². The molecule has 0 radical (unpaired) electrons. The lowest BCUT2D eigenvalue weighted by Gasteiger charge is -2.20. The fourth-order valence-electron chi connectivity index (χ4n) is 2.34. The molecule has 0 atom stereocenters. The Morgan fingerprint density at radius 3 is 2.14 bits per heavy atom. The lowest BCUT2D eigenvalue weighted by Crippen LogP contribution is -2.42. The van der Waals surface area contributed by atoms with Gasteiger partial charge in [0.2, 0.25) is 0 Å². The van der Waals surface area contributed by atoms with E-state index in [1.165, 1.54) is 12.1 Å². The molecule has 156 valence electrons.